The largest absolute Gasteiger partial charge is 0.128 e. The maximum Gasteiger partial charge on any atom is 0.123 e. The molecular weight excluding hydrogens is 328 g/mol. The quantitative estimate of drug-likeness (QED) is 0.470. The molecule has 0 spiro atoms. The van der Waals surface area contributed by atoms with Gasteiger partial charge in [0.2, 0.25) is 0 Å². The molecule has 0 unspecified atom stereocenters. The van der Waals surface area contributed by atoms with Gasteiger partial charge >= 0.3 is 0 Å². The molecule has 8 heteroatoms. The third kappa shape index (κ3) is 2.32. The maximum absolute atomic E-state index is 4.27. The highest BCUT2D eigenvalue weighted by atomic mass is 15.7. The fourth-order valence-electron chi connectivity index (χ4n) is 2.85. The summed E-state index contributed by atoms with van der Waals surface area (Å²) in [7, 11) is 0. The Bertz CT molecular complexity index is 1240. The summed E-state index contributed by atoms with van der Waals surface area (Å²) < 4.78 is 0. The van der Waals surface area contributed by atoms with Crippen LogP contribution >= 0.6 is 0 Å². The van der Waals surface area contributed by atoms with Crippen LogP contribution in [0.3, 0.4) is 0 Å². The van der Waals surface area contributed by atoms with Crippen molar-refractivity contribution in [1.82, 2.24) is 30.2 Å². The first-order valence-electron chi connectivity index (χ1n) is 8.03. The number of hydrogen-bond acceptors (Lipinski definition) is 6. The average molecular weight is 340 g/mol. The summed E-state index contributed by atoms with van der Waals surface area (Å²) in [5, 5.41) is 24.7. The molecule has 0 aliphatic carbocycles. The van der Waals surface area contributed by atoms with Gasteiger partial charge < -0.3 is 0 Å². The first kappa shape index (κ1) is 14.4. The molecule has 0 bridgehead atoms. The number of nitrogens with zero attached hydrogens (tertiary/aromatic N) is 8. The molecule has 0 fully saturated rings. The second-order valence-corrected chi connectivity index (χ2v) is 5.66. The van der Waals surface area contributed by atoms with Crippen LogP contribution in [0, 0.1) is 0 Å². The van der Waals surface area contributed by atoms with Gasteiger partial charge in [-0.3, -0.25) is 0 Å². The number of benzene rings is 3. The molecule has 0 N–H and O–H groups in total. The highest BCUT2D eigenvalue weighted by Gasteiger charge is 2.10. The second-order valence-electron chi connectivity index (χ2n) is 5.66. The summed E-state index contributed by atoms with van der Waals surface area (Å²) in [6, 6.07) is 23.5. The van der Waals surface area contributed by atoms with Crippen LogP contribution in [0.25, 0.3) is 33.2 Å². The van der Waals surface area contributed by atoms with E-state index in [1.165, 1.54) is 9.58 Å². The topological polar surface area (TPSA) is 86.1 Å². The summed E-state index contributed by atoms with van der Waals surface area (Å²) in [5.74, 6) is 0. The van der Waals surface area contributed by atoms with Crippen LogP contribution in [0.15, 0.2) is 83.2 Å². The lowest BCUT2D eigenvalue weighted by Crippen LogP contribution is -1.95. The van der Waals surface area contributed by atoms with Crippen LogP contribution in [0.4, 0.5) is 0 Å². The molecule has 0 aliphatic heterocycles. The van der Waals surface area contributed by atoms with Crippen molar-refractivity contribution in [1.29, 1.82) is 0 Å². The van der Waals surface area contributed by atoms with E-state index in [1.807, 2.05) is 72.8 Å². The Morgan fingerprint density at radius 2 is 1.31 bits per heavy atom. The van der Waals surface area contributed by atoms with Gasteiger partial charge in [0.1, 0.15) is 22.1 Å². The number of fused-ring (bicyclic) bond motifs is 2. The summed E-state index contributed by atoms with van der Waals surface area (Å²) in [6.07, 6.45) is 0. The molecule has 0 amide bonds. The van der Waals surface area contributed by atoms with Crippen molar-refractivity contribution in [2.75, 3.05) is 0 Å². The Labute approximate surface area is 147 Å². The number of hydrogen-bond donors (Lipinski definition) is 0. The molecule has 2 heterocycles. The van der Waals surface area contributed by atoms with Crippen LogP contribution in [0.5, 0.6) is 0 Å². The molecule has 0 saturated carbocycles. The monoisotopic (exact) mass is 340 g/mol. The van der Waals surface area contributed by atoms with Crippen LogP contribution in [0.2, 0.25) is 0 Å². The Morgan fingerprint density at radius 1 is 0.615 bits per heavy atom. The SMILES string of the molecule is c1ccc(-c2cccc3c2nnn3N=Nn2nnc3ccccc32)cc1. The smallest absolute Gasteiger partial charge is 0.123 e. The zero-order valence-corrected chi connectivity index (χ0v) is 13.5. The molecule has 5 aromatic rings. The van der Waals surface area contributed by atoms with Gasteiger partial charge in [-0.25, -0.2) is 0 Å². The lowest BCUT2D eigenvalue weighted by molar-refractivity contribution is 0.582. The van der Waals surface area contributed by atoms with Crippen molar-refractivity contribution in [3.63, 3.8) is 0 Å². The third-order valence-electron chi connectivity index (χ3n) is 4.09. The first-order chi connectivity index (χ1) is 12.9. The lowest BCUT2D eigenvalue weighted by atomic mass is 10.0. The van der Waals surface area contributed by atoms with E-state index in [0.29, 0.717) is 0 Å². The van der Waals surface area contributed by atoms with E-state index >= 15 is 0 Å². The molecule has 0 atom stereocenters. The van der Waals surface area contributed by atoms with Crippen LogP contribution in [-0.2, 0) is 0 Å². The Morgan fingerprint density at radius 3 is 2.19 bits per heavy atom. The van der Waals surface area contributed by atoms with Crippen LogP contribution in [0.1, 0.15) is 0 Å². The predicted molar refractivity (Wildman–Crippen MR) is 96.1 cm³/mol. The average Bonchev–Trinajstić information content (AvgIpc) is 3.31. The van der Waals surface area contributed by atoms with E-state index in [2.05, 4.69) is 31.1 Å². The summed E-state index contributed by atoms with van der Waals surface area (Å²) in [5.41, 5.74) is 5.12. The fourth-order valence-corrected chi connectivity index (χ4v) is 2.85. The minimum Gasteiger partial charge on any atom is -0.128 e. The third-order valence-corrected chi connectivity index (χ3v) is 4.09. The van der Waals surface area contributed by atoms with Gasteiger partial charge in [-0.1, -0.05) is 54.6 Å². The van der Waals surface area contributed by atoms with E-state index in [9.17, 15) is 0 Å². The van der Waals surface area contributed by atoms with Gasteiger partial charge in [-0.2, -0.15) is 0 Å². The zero-order chi connectivity index (χ0) is 17.3. The summed E-state index contributed by atoms with van der Waals surface area (Å²) >= 11 is 0. The van der Waals surface area contributed by atoms with Crippen molar-refractivity contribution in [2.24, 2.45) is 10.4 Å². The first-order valence-corrected chi connectivity index (χ1v) is 8.03. The highest BCUT2D eigenvalue weighted by molar-refractivity contribution is 5.91. The van der Waals surface area contributed by atoms with Crippen molar-refractivity contribution >= 4 is 22.1 Å². The highest BCUT2D eigenvalue weighted by Crippen LogP contribution is 2.26. The molecule has 5 rings (SSSR count). The standard InChI is InChI=1S/C18H12N8/c1-2-7-13(8-3-1)14-9-6-12-17-18(14)20-22-26(17)24-23-25-16-11-5-4-10-15(16)19-21-25/h1-12H. The normalized spacial score (nSPS) is 11.7. The molecule has 124 valence electrons. The predicted octanol–water partition coefficient (Wildman–Crippen LogP) is 3.52. The van der Waals surface area contributed by atoms with Gasteiger partial charge in [-0.15, -0.1) is 19.8 Å². The Kier molecular flexibility index (Phi) is 3.24. The summed E-state index contributed by atoms with van der Waals surface area (Å²) in [4.78, 5) is 2.75. The van der Waals surface area contributed by atoms with Gasteiger partial charge in [0.25, 0.3) is 0 Å². The molecule has 0 radical (unpaired) electrons. The Hall–Kier alpha value is -3.94. The molecule has 0 aliphatic rings. The van der Waals surface area contributed by atoms with Crippen molar-refractivity contribution in [3.8, 4) is 11.1 Å². The molecule has 26 heavy (non-hydrogen) atoms. The van der Waals surface area contributed by atoms with E-state index in [4.69, 9.17) is 0 Å². The van der Waals surface area contributed by atoms with Crippen LogP contribution in [-0.4, -0.2) is 30.2 Å². The molecule has 8 nitrogen and oxygen atoms in total. The Balaban J connectivity index is 1.58. The molecular formula is C18H12N8. The maximum atomic E-state index is 4.27. The van der Waals surface area contributed by atoms with E-state index in [1.54, 1.807) is 0 Å². The minimum absolute atomic E-state index is 0.751. The van der Waals surface area contributed by atoms with Gasteiger partial charge in [0.05, 0.1) is 0 Å². The van der Waals surface area contributed by atoms with E-state index < -0.39 is 0 Å². The molecule has 2 aromatic heterocycles. The molecule has 3 aromatic carbocycles. The number of aromatic nitrogens is 6. The fraction of sp³-hybridized carbons (Fsp3) is 0. The minimum atomic E-state index is 0.751. The van der Waals surface area contributed by atoms with Crippen molar-refractivity contribution in [2.45, 2.75) is 0 Å². The number of para-hydroxylation sites is 1. The van der Waals surface area contributed by atoms with Crippen LogP contribution < -0.4 is 0 Å². The number of rotatable bonds is 3. The van der Waals surface area contributed by atoms with Crippen molar-refractivity contribution in [3.05, 3.63) is 72.8 Å². The second kappa shape index (κ2) is 5.85. The van der Waals surface area contributed by atoms with Gasteiger partial charge in [0.15, 0.2) is 0 Å². The van der Waals surface area contributed by atoms with E-state index in [0.717, 1.165) is 33.2 Å². The van der Waals surface area contributed by atoms with Gasteiger partial charge in [0, 0.05) is 5.56 Å². The molecule has 0 saturated heterocycles. The van der Waals surface area contributed by atoms with Crippen molar-refractivity contribution < 1.29 is 0 Å². The van der Waals surface area contributed by atoms with E-state index in [-0.39, 0.29) is 0 Å². The zero-order valence-electron chi connectivity index (χ0n) is 13.5. The lowest BCUT2D eigenvalue weighted by Gasteiger charge is -2.01. The summed E-state index contributed by atoms with van der Waals surface area (Å²) in [6.45, 7) is 0. The van der Waals surface area contributed by atoms with Gasteiger partial charge in [-0.05, 0) is 44.6 Å².